The van der Waals surface area contributed by atoms with Crippen LogP contribution in [0.15, 0.2) is 23.5 Å². The van der Waals surface area contributed by atoms with Crippen molar-refractivity contribution in [2.24, 2.45) is 46.7 Å². The number of carbonyl (C=O) groups excluding carboxylic acids is 2. The first kappa shape index (κ1) is 31.9. The number of allylic oxidation sites excluding steroid dienone is 4. The second-order valence-corrected chi connectivity index (χ2v) is 15.4. The summed E-state index contributed by atoms with van der Waals surface area (Å²) >= 11 is 0. The van der Waals surface area contributed by atoms with Crippen LogP contribution < -0.4 is 11.1 Å². The Morgan fingerprint density at radius 2 is 1.82 bits per heavy atom. The molecule has 0 aromatic heterocycles. The Balaban J connectivity index is 1.21. The lowest BCUT2D eigenvalue weighted by atomic mass is 9.50. The average Bonchev–Trinajstić information content (AvgIpc) is 3.51. The molecule has 0 spiro atoms. The van der Waals surface area contributed by atoms with E-state index in [2.05, 4.69) is 5.32 Å². The molecule has 6 fully saturated rings. The molecule has 2 bridgehead atoms. The number of fused-ring (bicyclic) bond motifs is 4. The predicted octanol–water partition coefficient (Wildman–Crippen LogP) is 0.343. The number of hydrogen-bond donors (Lipinski definition) is 7. The van der Waals surface area contributed by atoms with Crippen LogP contribution in [0.3, 0.4) is 0 Å². The smallest absolute Gasteiger partial charge is 0.187 e. The van der Waals surface area contributed by atoms with Gasteiger partial charge in [-0.2, -0.15) is 0 Å². The lowest BCUT2D eigenvalue weighted by Crippen LogP contribution is -2.95. The fraction of sp³-hybridized carbons (Fsp3) is 0.824. The van der Waals surface area contributed by atoms with E-state index in [0.717, 1.165) is 50.6 Å². The molecule has 11 nitrogen and oxygen atoms in total. The summed E-state index contributed by atoms with van der Waals surface area (Å²) in [5, 5.41) is 60.1. The first-order valence-electron chi connectivity index (χ1n) is 17.2. The molecule has 0 amide bonds. The molecule has 7 aliphatic rings. The Labute approximate surface area is 264 Å². The normalized spacial score (nSPS) is 49.5. The van der Waals surface area contributed by atoms with Gasteiger partial charge in [-0.05, 0) is 68.8 Å². The van der Waals surface area contributed by atoms with Gasteiger partial charge in [0, 0.05) is 18.8 Å². The Bertz CT molecular complexity index is 1260. The molecule has 0 radical (unpaired) electrons. The molecule has 0 aromatic rings. The number of rotatable bonds is 5. The Kier molecular flexibility index (Phi) is 8.13. The van der Waals surface area contributed by atoms with E-state index in [-0.39, 0.29) is 41.2 Å². The van der Waals surface area contributed by atoms with E-state index in [1.165, 1.54) is 6.08 Å². The van der Waals surface area contributed by atoms with Crippen LogP contribution in [0.5, 0.6) is 0 Å². The summed E-state index contributed by atoms with van der Waals surface area (Å²) in [5.74, 6) is -3.82. The molecule has 13 atom stereocenters. The number of aliphatic hydroxyl groups is 5. The van der Waals surface area contributed by atoms with Crippen LogP contribution in [0.4, 0.5) is 0 Å². The van der Waals surface area contributed by atoms with Crippen molar-refractivity contribution in [2.75, 3.05) is 13.2 Å². The number of carbonyl (C=O) groups is 2. The molecule has 5 aliphatic carbocycles. The highest BCUT2D eigenvalue weighted by atomic mass is 16.7. The van der Waals surface area contributed by atoms with E-state index in [1.807, 2.05) is 0 Å². The average molecular weight is 632 g/mol. The maximum atomic E-state index is 14.0. The largest absolute Gasteiger partial charge is 0.512 e. The van der Waals surface area contributed by atoms with Crippen molar-refractivity contribution < 1.29 is 49.9 Å². The molecule has 7 rings (SSSR count). The Morgan fingerprint density at radius 3 is 2.53 bits per heavy atom. The van der Waals surface area contributed by atoms with Crippen molar-refractivity contribution in [2.45, 2.75) is 120 Å². The van der Waals surface area contributed by atoms with Gasteiger partial charge < -0.3 is 40.3 Å². The summed E-state index contributed by atoms with van der Waals surface area (Å²) in [7, 11) is 0. The second-order valence-electron chi connectivity index (χ2n) is 15.4. The second kappa shape index (κ2) is 11.5. The molecule has 2 saturated heterocycles. The van der Waals surface area contributed by atoms with Gasteiger partial charge in [0.2, 0.25) is 0 Å². The van der Waals surface area contributed by atoms with E-state index in [4.69, 9.17) is 15.2 Å². The highest BCUT2D eigenvalue weighted by molar-refractivity contribution is 6.02. The van der Waals surface area contributed by atoms with Gasteiger partial charge >= 0.3 is 0 Å². The van der Waals surface area contributed by atoms with Crippen molar-refractivity contribution in [3.63, 3.8) is 0 Å². The SMILES string of the molecule is CC1=CC2C(=O)C3CCCC(OC4OC5(CO)CCC(C6(C7CC[NH2+]C(N)C7)CCCC6)C(O)(C4O)C5O)C3C(=O)C2C(O)=C1. The standard InChI is InChI=1S/C34H50N2O9/c1-17-13-20-25(21(38)14-17)28(40)26-19(27(20)39)5-4-6-22(26)44-30-29(41)34(43)23(7-11-33(16-37,45-30)31(34)42)32(9-2-3-10-32)18-8-12-36-24(35)15-18/h13-14,18-20,22-26,29-31,36-38,41-43H,2-12,15-16,35H2,1H3/p+1. The zero-order valence-corrected chi connectivity index (χ0v) is 26.2. The summed E-state index contributed by atoms with van der Waals surface area (Å²) in [4.78, 5) is 27.7. The number of Topliss-reactive ketones (excluding diaryl/α,β-unsaturated/α-hetero) is 2. The fourth-order valence-corrected chi connectivity index (χ4v) is 11.2. The van der Waals surface area contributed by atoms with Crippen molar-refractivity contribution in [3.8, 4) is 0 Å². The number of nitrogens with two attached hydrogens (primary N) is 2. The van der Waals surface area contributed by atoms with Gasteiger partial charge in [0.15, 0.2) is 12.1 Å². The minimum absolute atomic E-state index is 0.0379. The zero-order chi connectivity index (χ0) is 31.9. The highest BCUT2D eigenvalue weighted by Gasteiger charge is 2.72. The molecule has 2 aliphatic heterocycles. The van der Waals surface area contributed by atoms with E-state index >= 15 is 0 Å². The monoisotopic (exact) mass is 631 g/mol. The Morgan fingerprint density at radius 1 is 1.07 bits per heavy atom. The Hall–Kier alpha value is -1.70. The van der Waals surface area contributed by atoms with Gasteiger partial charge in [0.1, 0.15) is 41.1 Å². The van der Waals surface area contributed by atoms with Crippen LogP contribution in [0.25, 0.3) is 0 Å². The number of ether oxygens (including phenoxy) is 2. The maximum absolute atomic E-state index is 14.0. The zero-order valence-electron chi connectivity index (χ0n) is 26.2. The summed E-state index contributed by atoms with van der Waals surface area (Å²) in [6, 6.07) is 0. The van der Waals surface area contributed by atoms with Crippen LogP contribution in [0.2, 0.25) is 0 Å². The summed E-state index contributed by atoms with van der Waals surface area (Å²) < 4.78 is 12.7. The highest BCUT2D eigenvalue weighted by Crippen LogP contribution is 2.63. The van der Waals surface area contributed by atoms with Crippen molar-refractivity contribution >= 4 is 11.6 Å². The fourth-order valence-electron chi connectivity index (χ4n) is 11.2. The molecule has 2 heterocycles. The molecule has 13 unspecified atom stereocenters. The first-order valence-corrected chi connectivity index (χ1v) is 17.2. The predicted molar refractivity (Wildman–Crippen MR) is 160 cm³/mol. The third-order valence-corrected chi connectivity index (χ3v) is 13.3. The first-order chi connectivity index (χ1) is 21.5. The number of hydrogen-bond acceptors (Lipinski definition) is 10. The number of ketones is 2. The van der Waals surface area contributed by atoms with E-state index in [9.17, 15) is 35.1 Å². The van der Waals surface area contributed by atoms with E-state index in [0.29, 0.717) is 25.7 Å². The molecule has 250 valence electrons. The number of piperidine rings is 1. The van der Waals surface area contributed by atoms with Gasteiger partial charge in [-0.25, -0.2) is 0 Å². The molecule has 0 aromatic carbocycles. The van der Waals surface area contributed by atoms with Crippen LogP contribution >= 0.6 is 0 Å². The van der Waals surface area contributed by atoms with Crippen molar-refractivity contribution in [1.29, 1.82) is 0 Å². The van der Waals surface area contributed by atoms with Gasteiger partial charge in [-0.1, -0.05) is 30.9 Å². The minimum atomic E-state index is -2.03. The van der Waals surface area contributed by atoms with Crippen LogP contribution in [-0.2, 0) is 19.1 Å². The van der Waals surface area contributed by atoms with Gasteiger partial charge in [0.25, 0.3) is 0 Å². The van der Waals surface area contributed by atoms with Crippen LogP contribution in [0, 0.1) is 40.9 Å². The molecule has 9 N–H and O–H groups in total. The summed E-state index contributed by atoms with van der Waals surface area (Å²) in [6.07, 6.45) is 5.58. The third-order valence-electron chi connectivity index (χ3n) is 13.3. The number of quaternary nitrogens is 1. The topological polar surface area (TPSA) is 196 Å². The summed E-state index contributed by atoms with van der Waals surface area (Å²) in [5.41, 5.74) is 3.23. The van der Waals surface area contributed by atoms with Crippen LogP contribution in [-0.4, -0.2) is 92.2 Å². The third kappa shape index (κ3) is 4.67. The quantitative estimate of drug-likeness (QED) is 0.222. The molecule has 4 saturated carbocycles. The van der Waals surface area contributed by atoms with Crippen molar-refractivity contribution in [3.05, 3.63) is 23.5 Å². The summed E-state index contributed by atoms with van der Waals surface area (Å²) in [6.45, 7) is 2.11. The molecular weight excluding hydrogens is 580 g/mol. The van der Waals surface area contributed by atoms with Crippen LogP contribution in [0.1, 0.15) is 77.6 Å². The number of aliphatic hydroxyl groups excluding tert-OH is 4. The van der Waals surface area contributed by atoms with Gasteiger partial charge in [-0.15, -0.1) is 0 Å². The molecule has 45 heavy (non-hydrogen) atoms. The minimum Gasteiger partial charge on any atom is -0.512 e. The lowest BCUT2D eigenvalue weighted by molar-refractivity contribution is -0.700. The van der Waals surface area contributed by atoms with Gasteiger partial charge in [-0.3, -0.25) is 15.3 Å². The maximum Gasteiger partial charge on any atom is 0.187 e. The lowest BCUT2D eigenvalue weighted by Gasteiger charge is -2.64. The van der Waals surface area contributed by atoms with Crippen molar-refractivity contribution in [1.82, 2.24) is 0 Å². The van der Waals surface area contributed by atoms with Gasteiger partial charge in [0.05, 0.1) is 37.0 Å². The molecular formula is C34H51N2O9+. The van der Waals surface area contributed by atoms with E-state index in [1.54, 1.807) is 13.0 Å². The molecule has 11 heteroatoms. The van der Waals surface area contributed by atoms with E-state index < -0.39 is 72.0 Å².